The van der Waals surface area contributed by atoms with Crippen LogP contribution < -0.4 is 9.47 Å². The molecular weight excluding hydrogens is 412 g/mol. The molecule has 0 amide bonds. The molecule has 0 saturated carbocycles. The van der Waals surface area contributed by atoms with Gasteiger partial charge in [0.1, 0.15) is 22.8 Å². The molecule has 0 spiro atoms. The molecule has 0 N–H and O–H groups in total. The monoisotopic (exact) mass is 428 g/mol. The Labute approximate surface area is 173 Å². The third-order valence-corrected chi connectivity index (χ3v) is 6.58. The van der Waals surface area contributed by atoms with Gasteiger partial charge < -0.3 is 9.47 Å². The summed E-state index contributed by atoms with van der Waals surface area (Å²) in [6, 6.07) is 16.5. The first-order valence-corrected chi connectivity index (χ1v) is 10.5. The summed E-state index contributed by atoms with van der Waals surface area (Å²) in [4.78, 5) is 4.73. The zero-order chi connectivity index (χ0) is 20.6. The van der Waals surface area contributed by atoms with Crippen LogP contribution in [0.15, 0.2) is 76.8 Å². The Balaban J connectivity index is 1.99. The second-order valence-corrected chi connectivity index (χ2v) is 8.55. The number of aromatic nitrogens is 2. The molecule has 0 bridgehead atoms. The maximum atomic E-state index is 13.6. The van der Waals surface area contributed by atoms with Crippen LogP contribution in [0.25, 0.3) is 16.9 Å². The van der Waals surface area contributed by atoms with Crippen molar-refractivity contribution >= 4 is 27.1 Å². The highest BCUT2D eigenvalue weighted by Gasteiger charge is 2.28. The van der Waals surface area contributed by atoms with Crippen LogP contribution in [-0.2, 0) is 9.84 Å². The first-order chi connectivity index (χ1) is 13.9. The molecule has 6 nitrogen and oxygen atoms in total. The first kappa shape index (κ1) is 19.3. The van der Waals surface area contributed by atoms with Crippen LogP contribution in [0.4, 0.5) is 0 Å². The van der Waals surface area contributed by atoms with E-state index in [4.69, 9.17) is 21.1 Å². The second-order valence-electron chi connectivity index (χ2n) is 6.25. The van der Waals surface area contributed by atoms with Crippen molar-refractivity contribution in [3.05, 3.63) is 71.9 Å². The highest BCUT2D eigenvalue weighted by Crippen LogP contribution is 2.34. The fourth-order valence-corrected chi connectivity index (χ4v) is 4.72. The van der Waals surface area contributed by atoms with E-state index in [2.05, 4.69) is 4.98 Å². The number of benzene rings is 2. The number of rotatable bonds is 5. The predicted octanol–water partition coefficient (Wildman–Crippen LogP) is 4.50. The molecule has 2 heterocycles. The minimum atomic E-state index is -3.88. The Morgan fingerprint density at radius 1 is 0.897 bits per heavy atom. The molecule has 148 valence electrons. The summed E-state index contributed by atoms with van der Waals surface area (Å²) in [5.74, 6) is 1.16. The standard InChI is InChI=1S/C21H17ClN2O4S/c1-27-16-7-9-18(10-8-16)29(25,26)21-20(14-3-5-15(22)6-4-14)23-19-13-17(28-2)11-12-24(19)21/h3-13H,1-2H3. The minimum absolute atomic E-state index is 0.0719. The molecule has 0 radical (unpaired) electrons. The van der Waals surface area contributed by atoms with Gasteiger partial charge >= 0.3 is 0 Å². The van der Waals surface area contributed by atoms with Gasteiger partial charge in [0.25, 0.3) is 0 Å². The van der Waals surface area contributed by atoms with Crippen molar-refractivity contribution < 1.29 is 17.9 Å². The zero-order valence-electron chi connectivity index (χ0n) is 15.7. The maximum Gasteiger partial charge on any atom is 0.224 e. The molecule has 2 aromatic heterocycles. The number of hydrogen-bond donors (Lipinski definition) is 0. The highest BCUT2D eigenvalue weighted by molar-refractivity contribution is 7.91. The van der Waals surface area contributed by atoms with Crippen LogP contribution in [0.2, 0.25) is 5.02 Å². The quantitative estimate of drug-likeness (QED) is 0.468. The van der Waals surface area contributed by atoms with E-state index in [1.165, 1.54) is 19.2 Å². The molecule has 0 aliphatic carbocycles. The Morgan fingerprint density at radius 2 is 1.55 bits per heavy atom. The Kier molecular flexibility index (Phi) is 4.94. The van der Waals surface area contributed by atoms with E-state index in [-0.39, 0.29) is 9.92 Å². The normalized spacial score (nSPS) is 11.6. The lowest BCUT2D eigenvalue weighted by Crippen LogP contribution is -2.07. The Morgan fingerprint density at radius 3 is 2.17 bits per heavy atom. The van der Waals surface area contributed by atoms with E-state index < -0.39 is 9.84 Å². The van der Waals surface area contributed by atoms with Crippen LogP contribution >= 0.6 is 11.6 Å². The topological polar surface area (TPSA) is 69.9 Å². The third kappa shape index (κ3) is 3.43. The van der Waals surface area contributed by atoms with Gasteiger partial charge in [0.2, 0.25) is 9.84 Å². The number of sulfone groups is 1. The fourth-order valence-electron chi connectivity index (χ4n) is 3.05. The summed E-state index contributed by atoms with van der Waals surface area (Å²) in [7, 11) is -0.811. The van der Waals surface area contributed by atoms with Crippen molar-refractivity contribution in [1.29, 1.82) is 0 Å². The maximum absolute atomic E-state index is 13.6. The number of ether oxygens (including phenoxy) is 2. The Bertz CT molecular complexity index is 1280. The number of hydrogen-bond acceptors (Lipinski definition) is 5. The summed E-state index contributed by atoms with van der Waals surface area (Å²) in [5.41, 5.74) is 1.44. The lowest BCUT2D eigenvalue weighted by Gasteiger charge is -2.09. The molecule has 0 fully saturated rings. The van der Waals surface area contributed by atoms with Crippen LogP contribution in [0.3, 0.4) is 0 Å². The van der Waals surface area contributed by atoms with E-state index in [1.807, 2.05) is 0 Å². The average Bonchev–Trinajstić information content (AvgIpc) is 3.13. The summed E-state index contributed by atoms with van der Waals surface area (Å²) >= 11 is 6.00. The predicted molar refractivity (Wildman–Crippen MR) is 111 cm³/mol. The van der Waals surface area contributed by atoms with Gasteiger partial charge in [-0.1, -0.05) is 23.7 Å². The van der Waals surface area contributed by atoms with Gasteiger partial charge in [-0.3, -0.25) is 4.40 Å². The van der Waals surface area contributed by atoms with Gasteiger partial charge in [0.15, 0.2) is 5.03 Å². The lowest BCUT2D eigenvalue weighted by atomic mass is 10.2. The summed E-state index contributed by atoms with van der Waals surface area (Å²) < 4.78 is 39.1. The number of imidazole rings is 1. The molecule has 0 aliphatic rings. The van der Waals surface area contributed by atoms with E-state index in [1.54, 1.807) is 66.2 Å². The summed E-state index contributed by atoms with van der Waals surface area (Å²) in [6.07, 6.45) is 1.64. The molecular formula is C21H17ClN2O4S. The molecule has 0 saturated heterocycles. The van der Waals surface area contributed by atoms with Gasteiger partial charge in [0.05, 0.1) is 19.1 Å². The van der Waals surface area contributed by atoms with Crippen molar-refractivity contribution in [1.82, 2.24) is 9.38 Å². The molecule has 29 heavy (non-hydrogen) atoms. The summed E-state index contributed by atoms with van der Waals surface area (Å²) in [5, 5.41) is 0.626. The van der Waals surface area contributed by atoms with Gasteiger partial charge in [0, 0.05) is 22.8 Å². The van der Waals surface area contributed by atoms with Crippen LogP contribution in [-0.4, -0.2) is 32.0 Å². The molecule has 4 rings (SSSR count). The Hall–Kier alpha value is -3.03. The van der Waals surface area contributed by atoms with E-state index in [9.17, 15) is 8.42 Å². The minimum Gasteiger partial charge on any atom is -0.497 e. The van der Waals surface area contributed by atoms with Crippen molar-refractivity contribution in [3.63, 3.8) is 0 Å². The smallest absolute Gasteiger partial charge is 0.224 e. The van der Waals surface area contributed by atoms with Gasteiger partial charge in [-0.2, -0.15) is 0 Å². The van der Waals surface area contributed by atoms with Gasteiger partial charge in [-0.15, -0.1) is 0 Å². The molecule has 0 atom stereocenters. The van der Waals surface area contributed by atoms with Crippen LogP contribution in [0, 0.1) is 0 Å². The van der Waals surface area contributed by atoms with Crippen molar-refractivity contribution in [2.45, 2.75) is 9.92 Å². The molecule has 0 aliphatic heterocycles. The lowest BCUT2D eigenvalue weighted by molar-refractivity contribution is 0.414. The SMILES string of the molecule is COc1ccc(S(=O)(=O)c2c(-c3ccc(Cl)cc3)nc3cc(OC)ccn23)cc1. The number of methoxy groups -OCH3 is 2. The van der Waals surface area contributed by atoms with Crippen LogP contribution in [0.5, 0.6) is 11.5 Å². The van der Waals surface area contributed by atoms with E-state index >= 15 is 0 Å². The van der Waals surface area contributed by atoms with E-state index in [0.29, 0.717) is 33.4 Å². The highest BCUT2D eigenvalue weighted by atomic mass is 35.5. The molecule has 8 heteroatoms. The molecule has 2 aromatic carbocycles. The van der Waals surface area contributed by atoms with Gasteiger partial charge in [-0.25, -0.2) is 13.4 Å². The number of halogens is 1. The van der Waals surface area contributed by atoms with Gasteiger partial charge in [-0.05, 0) is 42.5 Å². The summed E-state index contributed by atoms with van der Waals surface area (Å²) in [6.45, 7) is 0. The average molecular weight is 429 g/mol. The number of nitrogens with zero attached hydrogens (tertiary/aromatic N) is 2. The van der Waals surface area contributed by atoms with Crippen molar-refractivity contribution in [2.24, 2.45) is 0 Å². The van der Waals surface area contributed by atoms with E-state index in [0.717, 1.165) is 0 Å². The van der Waals surface area contributed by atoms with Crippen LogP contribution in [0.1, 0.15) is 0 Å². The molecule has 4 aromatic rings. The fraction of sp³-hybridized carbons (Fsp3) is 0.0952. The largest absolute Gasteiger partial charge is 0.497 e. The zero-order valence-corrected chi connectivity index (χ0v) is 17.2. The molecule has 0 unspecified atom stereocenters. The number of pyridine rings is 1. The van der Waals surface area contributed by atoms with Crippen molar-refractivity contribution in [2.75, 3.05) is 14.2 Å². The first-order valence-electron chi connectivity index (χ1n) is 8.65. The third-order valence-electron chi connectivity index (χ3n) is 4.53. The van der Waals surface area contributed by atoms with Crippen molar-refractivity contribution in [3.8, 4) is 22.8 Å². The number of fused-ring (bicyclic) bond motifs is 1. The second kappa shape index (κ2) is 7.42.